The van der Waals surface area contributed by atoms with E-state index in [4.69, 9.17) is 0 Å². The highest BCUT2D eigenvalue weighted by molar-refractivity contribution is 6.06. The van der Waals surface area contributed by atoms with Crippen LogP contribution in [0, 0.1) is 0 Å². The van der Waals surface area contributed by atoms with Gasteiger partial charge < -0.3 is 0 Å². The Labute approximate surface area is 75.4 Å². The summed E-state index contributed by atoms with van der Waals surface area (Å²) >= 11 is 0. The Bertz CT molecular complexity index is 252. The molecule has 0 aromatic carbocycles. The molecule has 0 atom stereocenters. The van der Waals surface area contributed by atoms with Crippen molar-refractivity contribution in [2.75, 3.05) is 0 Å². The molecule has 0 aromatic rings. The van der Waals surface area contributed by atoms with Crippen LogP contribution in [-0.4, -0.2) is 23.7 Å². The maximum Gasteiger partial charge on any atom is 0.245 e. The van der Waals surface area contributed by atoms with Crippen LogP contribution in [0.4, 0.5) is 0 Å². The number of carbonyl (C=O) groups is 3. The zero-order chi connectivity index (χ0) is 10.4. The van der Waals surface area contributed by atoms with E-state index in [-0.39, 0.29) is 5.96 Å². The number of carbonyl (C=O) groups excluding carboxylic acids is 3. The fraction of sp³-hybridized carbons (Fsp3) is 0.429. The summed E-state index contributed by atoms with van der Waals surface area (Å²) in [5, 5.41) is 4.40. The average molecular weight is 185 g/mol. The van der Waals surface area contributed by atoms with Crippen LogP contribution < -0.4 is 10.6 Å². The summed E-state index contributed by atoms with van der Waals surface area (Å²) in [6.45, 7) is 3.71. The number of guanidine groups is 1. The van der Waals surface area contributed by atoms with Gasteiger partial charge in [-0.25, -0.2) is 0 Å². The van der Waals surface area contributed by atoms with Gasteiger partial charge in [-0.15, -0.1) is 0 Å². The van der Waals surface area contributed by atoms with E-state index in [1.165, 1.54) is 20.8 Å². The molecule has 6 heteroatoms. The van der Waals surface area contributed by atoms with Crippen LogP contribution in [0.1, 0.15) is 20.8 Å². The minimum absolute atomic E-state index is 0.146. The van der Waals surface area contributed by atoms with Gasteiger partial charge in [-0.05, 0) is 0 Å². The molecule has 0 aliphatic rings. The topological polar surface area (TPSA) is 87.6 Å². The molecule has 2 N–H and O–H groups in total. The van der Waals surface area contributed by atoms with Crippen LogP contribution in [0.25, 0.3) is 0 Å². The molecule has 0 rings (SSSR count). The zero-order valence-electron chi connectivity index (χ0n) is 7.67. The van der Waals surface area contributed by atoms with Gasteiger partial charge in [0.15, 0.2) is 0 Å². The molecule has 13 heavy (non-hydrogen) atoms. The third-order valence-corrected chi connectivity index (χ3v) is 0.858. The second-order valence-corrected chi connectivity index (χ2v) is 2.34. The van der Waals surface area contributed by atoms with Gasteiger partial charge in [-0.2, -0.15) is 4.99 Å². The molecule has 0 saturated heterocycles. The van der Waals surface area contributed by atoms with Crippen LogP contribution in [0.5, 0.6) is 0 Å². The predicted octanol–water partition coefficient (Wildman–Crippen LogP) is -0.839. The number of rotatable bonds is 0. The van der Waals surface area contributed by atoms with E-state index in [9.17, 15) is 14.4 Å². The molecular formula is C7H11N3O3. The first-order chi connectivity index (χ1) is 5.91. The minimum Gasteiger partial charge on any atom is -0.296 e. The number of nitrogens with one attached hydrogen (secondary N) is 2. The lowest BCUT2D eigenvalue weighted by Crippen LogP contribution is -2.42. The van der Waals surface area contributed by atoms with Crippen molar-refractivity contribution < 1.29 is 14.4 Å². The smallest absolute Gasteiger partial charge is 0.245 e. The standard InChI is InChI=1S/C7H11N3O3/c1-4(11)8-7(9-5(2)12)10-6(3)13/h1-3H3,(H2,8,9,10,11,12,13). The highest BCUT2D eigenvalue weighted by Crippen LogP contribution is 1.75. The minimum atomic E-state index is -0.502. The Morgan fingerprint density at radius 3 is 1.54 bits per heavy atom. The third-order valence-electron chi connectivity index (χ3n) is 0.858. The van der Waals surface area contributed by atoms with Crippen molar-refractivity contribution in [1.29, 1.82) is 0 Å². The first-order valence-corrected chi connectivity index (χ1v) is 3.56. The van der Waals surface area contributed by atoms with Gasteiger partial charge in [-0.3, -0.25) is 25.0 Å². The molecule has 0 radical (unpaired) electrons. The van der Waals surface area contributed by atoms with Crippen LogP contribution >= 0.6 is 0 Å². The van der Waals surface area contributed by atoms with Crippen LogP contribution in [0.15, 0.2) is 4.99 Å². The van der Waals surface area contributed by atoms with Gasteiger partial charge in [-0.1, -0.05) is 0 Å². The second-order valence-electron chi connectivity index (χ2n) is 2.34. The van der Waals surface area contributed by atoms with Crippen molar-refractivity contribution in [3.05, 3.63) is 0 Å². The Morgan fingerprint density at radius 1 is 0.923 bits per heavy atom. The lowest BCUT2D eigenvalue weighted by atomic mass is 10.6. The summed E-state index contributed by atoms with van der Waals surface area (Å²) in [7, 11) is 0. The summed E-state index contributed by atoms with van der Waals surface area (Å²) in [4.78, 5) is 35.0. The van der Waals surface area contributed by atoms with Crippen molar-refractivity contribution in [2.24, 2.45) is 4.99 Å². The molecule has 6 nitrogen and oxygen atoms in total. The molecule has 0 fully saturated rings. The average Bonchev–Trinajstić information content (AvgIpc) is 1.80. The molecule has 0 saturated carbocycles. The largest absolute Gasteiger partial charge is 0.296 e. The van der Waals surface area contributed by atoms with Crippen LogP contribution in [0.3, 0.4) is 0 Å². The first kappa shape index (κ1) is 11.3. The third kappa shape index (κ3) is 6.67. The van der Waals surface area contributed by atoms with E-state index in [1.807, 2.05) is 0 Å². The first-order valence-electron chi connectivity index (χ1n) is 3.56. The number of amides is 3. The number of nitrogens with zero attached hydrogens (tertiary/aromatic N) is 1. The van der Waals surface area contributed by atoms with E-state index in [1.54, 1.807) is 0 Å². The molecule has 0 heterocycles. The van der Waals surface area contributed by atoms with Gasteiger partial charge in [0.25, 0.3) is 0 Å². The van der Waals surface area contributed by atoms with E-state index < -0.39 is 17.7 Å². The van der Waals surface area contributed by atoms with Crippen LogP contribution in [-0.2, 0) is 14.4 Å². The summed E-state index contributed by atoms with van der Waals surface area (Å²) in [5.74, 6) is -1.47. The van der Waals surface area contributed by atoms with Gasteiger partial charge in [0.05, 0.1) is 0 Å². The Balaban J connectivity index is 4.45. The summed E-state index contributed by atoms with van der Waals surface area (Å²) in [6.07, 6.45) is 0. The Morgan fingerprint density at radius 2 is 1.31 bits per heavy atom. The Hall–Kier alpha value is -1.72. The fourth-order valence-electron chi connectivity index (χ4n) is 0.578. The highest BCUT2D eigenvalue weighted by atomic mass is 16.2. The maximum absolute atomic E-state index is 10.6. The van der Waals surface area contributed by atoms with E-state index in [2.05, 4.69) is 15.6 Å². The molecule has 0 unspecified atom stereocenters. The second kappa shape index (κ2) is 5.02. The van der Waals surface area contributed by atoms with Crippen molar-refractivity contribution in [3.63, 3.8) is 0 Å². The maximum atomic E-state index is 10.6. The molecule has 0 aromatic heterocycles. The van der Waals surface area contributed by atoms with Gasteiger partial charge in [0.2, 0.25) is 23.7 Å². The molecule has 3 amide bonds. The molecule has 0 spiro atoms. The molecule has 0 aliphatic heterocycles. The number of hydrogen-bond acceptors (Lipinski definition) is 3. The summed E-state index contributed by atoms with van der Waals surface area (Å²) in [6, 6.07) is 0. The van der Waals surface area contributed by atoms with Crippen molar-refractivity contribution in [2.45, 2.75) is 20.8 Å². The van der Waals surface area contributed by atoms with Crippen LogP contribution in [0.2, 0.25) is 0 Å². The normalized spacial score (nSPS) is 8.54. The fourth-order valence-corrected chi connectivity index (χ4v) is 0.578. The number of aliphatic imine (C=N–C) groups is 1. The molecule has 0 aliphatic carbocycles. The molecule has 0 bridgehead atoms. The van der Waals surface area contributed by atoms with E-state index >= 15 is 0 Å². The van der Waals surface area contributed by atoms with E-state index in [0.717, 1.165) is 0 Å². The van der Waals surface area contributed by atoms with Crippen molar-refractivity contribution >= 4 is 23.7 Å². The predicted molar refractivity (Wildman–Crippen MR) is 45.7 cm³/mol. The van der Waals surface area contributed by atoms with Gasteiger partial charge >= 0.3 is 0 Å². The van der Waals surface area contributed by atoms with Gasteiger partial charge in [0, 0.05) is 20.8 Å². The van der Waals surface area contributed by atoms with Crippen molar-refractivity contribution in [3.8, 4) is 0 Å². The van der Waals surface area contributed by atoms with Gasteiger partial charge in [0.1, 0.15) is 0 Å². The lowest BCUT2D eigenvalue weighted by molar-refractivity contribution is -0.117. The lowest BCUT2D eigenvalue weighted by Gasteiger charge is -2.04. The summed E-state index contributed by atoms with van der Waals surface area (Å²) in [5.41, 5.74) is 0. The molecule has 72 valence electrons. The zero-order valence-corrected chi connectivity index (χ0v) is 7.67. The SMILES string of the molecule is CC(=O)N=C(NC(C)=O)NC(C)=O. The Kier molecular flexibility index (Phi) is 4.36. The highest BCUT2D eigenvalue weighted by Gasteiger charge is 2.03. The van der Waals surface area contributed by atoms with Crippen molar-refractivity contribution in [1.82, 2.24) is 10.6 Å². The summed E-state index contributed by atoms with van der Waals surface area (Å²) < 4.78 is 0. The monoisotopic (exact) mass is 185 g/mol. The molecular weight excluding hydrogens is 174 g/mol. The van der Waals surface area contributed by atoms with E-state index in [0.29, 0.717) is 0 Å². The quantitative estimate of drug-likeness (QED) is 0.381. The number of hydrogen-bond donors (Lipinski definition) is 2.